The largest absolute Gasteiger partial charge is 0.356 e. The Morgan fingerprint density at radius 2 is 0.977 bits per heavy atom. The lowest BCUT2D eigenvalue weighted by Crippen LogP contribution is -2.47. The summed E-state index contributed by atoms with van der Waals surface area (Å²) in [7, 11) is 4.67. The van der Waals surface area contributed by atoms with Gasteiger partial charge in [-0.25, -0.2) is 0 Å². The van der Waals surface area contributed by atoms with E-state index in [-0.39, 0.29) is 24.1 Å². The Balaban J connectivity index is 4.34. The van der Waals surface area contributed by atoms with Gasteiger partial charge in [0.25, 0.3) is 0 Å². The van der Waals surface area contributed by atoms with Crippen LogP contribution < -0.4 is 16.0 Å². The van der Waals surface area contributed by atoms with Gasteiger partial charge in [-0.05, 0) is 44.9 Å². The summed E-state index contributed by atoms with van der Waals surface area (Å²) in [5, 5.41) is 8.96. The number of nitrogens with one attached hydrogen (secondary N) is 3. The lowest BCUT2D eigenvalue weighted by molar-refractivity contribution is -0.890. The van der Waals surface area contributed by atoms with Crippen LogP contribution in [0, 0.1) is 0 Å². The summed E-state index contributed by atoms with van der Waals surface area (Å²) in [5.74, 6) is -0.275. The highest BCUT2D eigenvalue weighted by atomic mass is 16.2. The molecule has 1 atom stereocenters. The third-order valence-electron chi connectivity index (χ3n) is 8.74. The van der Waals surface area contributed by atoms with Crippen molar-refractivity contribution in [3.8, 4) is 0 Å². The molecule has 0 aliphatic carbocycles. The number of nitrogens with zero attached hydrogens (tertiary/aromatic N) is 1. The lowest BCUT2D eigenvalue weighted by Gasteiger charge is -2.29. The van der Waals surface area contributed by atoms with E-state index in [1.807, 2.05) is 0 Å². The molecule has 0 aromatic rings. The van der Waals surface area contributed by atoms with Crippen LogP contribution in [-0.2, 0) is 14.4 Å². The van der Waals surface area contributed by atoms with Crippen molar-refractivity contribution in [1.82, 2.24) is 16.0 Å². The number of hydrogen-bond donors (Lipinski definition) is 3. The zero-order valence-electron chi connectivity index (χ0n) is 30.0. The molecule has 0 rings (SSSR count). The van der Waals surface area contributed by atoms with Crippen molar-refractivity contribution >= 4 is 17.7 Å². The molecule has 1 unspecified atom stereocenters. The number of hydrogen-bond acceptors (Lipinski definition) is 3. The Labute approximate surface area is 273 Å². The summed E-state index contributed by atoms with van der Waals surface area (Å²) in [4.78, 5) is 38.1. The van der Waals surface area contributed by atoms with Crippen LogP contribution in [0.4, 0.5) is 0 Å². The van der Waals surface area contributed by atoms with Gasteiger partial charge < -0.3 is 20.4 Å². The fraction of sp³-hybridized carbons (Fsp3) is 0.919. The van der Waals surface area contributed by atoms with E-state index < -0.39 is 6.04 Å². The van der Waals surface area contributed by atoms with Gasteiger partial charge in [-0.3, -0.25) is 14.4 Å². The summed E-state index contributed by atoms with van der Waals surface area (Å²) >= 11 is 0. The summed E-state index contributed by atoms with van der Waals surface area (Å²) in [5.41, 5.74) is 0. The molecule has 0 aromatic carbocycles. The van der Waals surface area contributed by atoms with Crippen LogP contribution in [0.15, 0.2) is 0 Å². The number of carbonyl (C=O) groups is 3. The molecule has 260 valence electrons. The van der Waals surface area contributed by atoms with Gasteiger partial charge in [0.05, 0.1) is 27.2 Å². The van der Waals surface area contributed by atoms with E-state index in [1.165, 1.54) is 103 Å². The van der Waals surface area contributed by atoms with E-state index in [0.29, 0.717) is 25.9 Å². The summed E-state index contributed by atoms with van der Waals surface area (Å²) in [6, 6.07) is -0.650. The topological polar surface area (TPSA) is 87.3 Å². The predicted molar refractivity (Wildman–Crippen MR) is 188 cm³/mol. The van der Waals surface area contributed by atoms with E-state index in [9.17, 15) is 14.4 Å². The maximum absolute atomic E-state index is 13.0. The quantitative estimate of drug-likeness (QED) is 0.0521. The number of unbranched alkanes of at least 4 members (excludes halogenated alkanes) is 17. The first-order valence-corrected chi connectivity index (χ1v) is 18.9. The van der Waals surface area contributed by atoms with Gasteiger partial charge in [0.1, 0.15) is 6.04 Å². The smallest absolute Gasteiger partial charge is 0.242 e. The molecule has 0 saturated heterocycles. The average molecular weight is 624 g/mol. The van der Waals surface area contributed by atoms with E-state index in [4.69, 9.17) is 0 Å². The second kappa shape index (κ2) is 30.0. The number of amides is 3. The standard InChI is InChI=1S/C37H74N4O3/c1-6-9-11-13-20-24-30-38-35(42)29-28-34(37(44)39-31-25-21-14-12-10-7-2)40-36(43)27-23-19-17-15-16-18-22-26-33-41(4,5)32-8-3/h34H,6-33H2,1-5H3,(H2-,38,39,40,42,43,44)/p+1. The summed E-state index contributed by atoms with van der Waals surface area (Å²) < 4.78 is 1.13. The van der Waals surface area contributed by atoms with Gasteiger partial charge in [-0.1, -0.05) is 117 Å². The Hall–Kier alpha value is -1.63. The molecule has 0 bridgehead atoms. The molecule has 0 saturated carbocycles. The number of carbonyl (C=O) groups excluding carboxylic acids is 3. The minimum Gasteiger partial charge on any atom is -0.356 e. The molecule has 44 heavy (non-hydrogen) atoms. The van der Waals surface area contributed by atoms with E-state index in [0.717, 1.165) is 49.4 Å². The molecule has 0 radical (unpaired) electrons. The molecule has 0 spiro atoms. The van der Waals surface area contributed by atoms with Gasteiger partial charge in [0.2, 0.25) is 17.7 Å². The molecule has 7 heteroatoms. The maximum atomic E-state index is 13.0. The van der Waals surface area contributed by atoms with Crippen LogP contribution in [0.3, 0.4) is 0 Å². The van der Waals surface area contributed by atoms with Crippen LogP contribution >= 0.6 is 0 Å². The second-order valence-electron chi connectivity index (χ2n) is 13.8. The third-order valence-corrected chi connectivity index (χ3v) is 8.74. The zero-order valence-corrected chi connectivity index (χ0v) is 30.0. The molecule has 7 nitrogen and oxygen atoms in total. The summed E-state index contributed by atoms with van der Waals surface area (Å²) in [6.07, 6.45) is 25.8. The lowest BCUT2D eigenvalue weighted by atomic mass is 10.1. The van der Waals surface area contributed by atoms with Crippen LogP contribution in [0.5, 0.6) is 0 Å². The van der Waals surface area contributed by atoms with Gasteiger partial charge >= 0.3 is 0 Å². The fourth-order valence-corrected chi connectivity index (χ4v) is 5.88. The summed E-state index contributed by atoms with van der Waals surface area (Å²) in [6.45, 7) is 10.5. The van der Waals surface area contributed by atoms with Crippen LogP contribution in [0.1, 0.15) is 175 Å². The average Bonchev–Trinajstić information content (AvgIpc) is 2.99. The van der Waals surface area contributed by atoms with Crippen molar-refractivity contribution in [3.63, 3.8) is 0 Å². The van der Waals surface area contributed by atoms with Gasteiger partial charge in [0.15, 0.2) is 0 Å². The molecular formula is C37H75N4O3+. The minimum absolute atomic E-state index is 0.0368. The number of rotatable bonds is 32. The van der Waals surface area contributed by atoms with E-state index in [2.05, 4.69) is 50.8 Å². The molecule has 0 heterocycles. The second-order valence-corrected chi connectivity index (χ2v) is 13.8. The van der Waals surface area contributed by atoms with Crippen LogP contribution in [0.2, 0.25) is 0 Å². The fourth-order valence-electron chi connectivity index (χ4n) is 5.88. The SMILES string of the molecule is CCCCCCCCNC(=O)CCC(NC(=O)CCCCCCCCCC[N+](C)(C)CCC)C(=O)NCCCCCCCC. The highest BCUT2D eigenvalue weighted by Crippen LogP contribution is 2.12. The Morgan fingerprint density at radius 1 is 0.500 bits per heavy atom. The first-order valence-electron chi connectivity index (χ1n) is 18.9. The van der Waals surface area contributed by atoms with Gasteiger partial charge in [-0.15, -0.1) is 0 Å². The zero-order chi connectivity index (χ0) is 32.7. The van der Waals surface area contributed by atoms with Crippen molar-refractivity contribution < 1.29 is 18.9 Å². The highest BCUT2D eigenvalue weighted by Gasteiger charge is 2.21. The van der Waals surface area contributed by atoms with Gasteiger partial charge in [0, 0.05) is 25.9 Å². The normalized spacial score (nSPS) is 12.2. The van der Waals surface area contributed by atoms with Crippen molar-refractivity contribution in [2.45, 2.75) is 181 Å². The van der Waals surface area contributed by atoms with Crippen molar-refractivity contribution in [1.29, 1.82) is 0 Å². The molecular weight excluding hydrogens is 548 g/mol. The Bertz CT molecular complexity index is 698. The molecule has 0 aromatic heterocycles. The molecule has 3 amide bonds. The molecule has 0 aliphatic heterocycles. The van der Waals surface area contributed by atoms with Crippen LogP contribution in [-0.4, -0.2) is 68.5 Å². The van der Waals surface area contributed by atoms with E-state index in [1.54, 1.807) is 0 Å². The van der Waals surface area contributed by atoms with Crippen LogP contribution in [0.25, 0.3) is 0 Å². The Morgan fingerprint density at radius 3 is 1.52 bits per heavy atom. The first kappa shape index (κ1) is 42.4. The van der Waals surface area contributed by atoms with Crippen molar-refractivity contribution in [3.05, 3.63) is 0 Å². The highest BCUT2D eigenvalue weighted by molar-refractivity contribution is 5.88. The molecule has 0 aliphatic rings. The van der Waals surface area contributed by atoms with Gasteiger partial charge in [-0.2, -0.15) is 0 Å². The maximum Gasteiger partial charge on any atom is 0.242 e. The minimum atomic E-state index is -0.650. The first-order chi connectivity index (χ1) is 21.3. The van der Waals surface area contributed by atoms with E-state index >= 15 is 0 Å². The number of quaternary nitrogens is 1. The molecule has 0 fully saturated rings. The molecule has 3 N–H and O–H groups in total. The third kappa shape index (κ3) is 27.9. The van der Waals surface area contributed by atoms with Crippen molar-refractivity contribution in [2.24, 2.45) is 0 Å². The monoisotopic (exact) mass is 624 g/mol. The predicted octanol–water partition coefficient (Wildman–Crippen LogP) is 8.20. The Kier molecular flexibility index (Phi) is 28.9. The van der Waals surface area contributed by atoms with Crippen molar-refractivity contribution in [2.75, 3.05) is 40.3 Å².